The lowest BCUT2D eigenvalue weighted by Crippen LogP contribution is -2.32. The molecule has 5 heteroatoms. The van der Waals surface area contributed by atoms with Crippen LogP contribution in [-0.4, -0.2) is 18.4 Å². The fourth-order valence-corrected chi connectivity index (χ4v) is 2.91. The van der Waals surface area contributed by atoms with Crippen molar-refractivity contribution >= 4 is 11.7 Å². The molecule has 1 unspecified atom stereocenters. The van der Waals surface area contributed by atoms with E-state index in [1.165, 1.54) is 5.56 Å². The third kappa shape index (κ3) is 4.24. The van der Waals surface area contributed by atoms with Crippen LogP contribution in [0, 0.1) is 0 Å². The summed E-state index contributed by atoms with van der Waals surface area (Å²) in [5.41, 5.74) is 1.90. The van der Waals surface area contributed by atoms with E-state index in [0.717, 1.165) is 6.42 Å². The molecule has 0 bridgehead atoms. The van der Waals surface area contributed by atoms with Gasteiger partial charge in [-0.2, -0.15) is 0 Å². The molecular weight excluding hydrogens is 316 g/mol. The lowest BCUT2D eigenvalue weighted by Gasteiger charge is -2.16. The molecule has 0 saturated carbocycles. The van der Waals surface area contributed by atoms with Crippen molar-refractivity contribution in [3.8, 4) is 11.5 Å². The molecule has 2 N–H and O–H groups in total. The van der Waals surface area contributed by atoms with Gasteiger partial charge < -0.3 is 20.1 Å². The van der Waals surface area contributed by atoms with E-state index in [2.05, 4.69) is 29.7 Å². The predicted octanol–water partition coefficient (Wildman–Crippen LogP) is 4.51. The summed E-state index contributed by atoms with van der Waals surface area (Å²) >= 11 is 0. The highest BCUT2D eigenvalue weighted by molar-refractivity contribution is 5.89. The maximum absolute atomic E-state index is 12.2. The normalized spacial score (nSPS) is 15.5. The molecule has 3 rings (SSSR count). The Bertz CT molecular complexity index is 744. The van der Waals surface area contributed by atoms with E-state index in [-0.39, 0.29) is 6.03 Å². The summed E-state index contributed by atoms with van der Waals surface area (Å²) in [6.45, 7) is 6.41. The zero-order valence-corrected chi connectivity index (χ0v) is 14.8. The second kappa shape index (κ2) is 7.05. The molecule has 2 aromatic rings. The Balaban J connectivity index is 1.57. The lowest BCUT2D eigenvalue weighted by molar-refractivity contribution is -0.0431. The molecule has 1 atom stereocenters. The number of rotatable bonds is 5. The van der Waals surface area contributed by atoms with Gasteiger partial charge in [-0.1, -0.05) is 37.3 Å². The van der Waals surface area contributed by atoms with Gasteiger partial charge in [0.15, 0.2) is 11.5 Å². The monoisotopic (exact) mass is 340 g/mol. The summed E-state index contributed by atoms with van der Waals surface area (Å²) in [5, 5.41) is 5.79. The van der Waals surface area contributed by atoms with E-state index in [0.29, 0.717) is 29.6 Å². The summed E-state index contributed by atoms with van der Waals surface area (Å²) in [7, 11) is 0. The molecule has 25 heavy (non-hydrogen) atoms. The van der Waals surface area contributed by atoms with Crippen molar-refractivity contribution in [2.75, 3.05) is 11.9 Å². The smallest absolute Gasteiger partial charge is 0.319 e. The topological polar surface area (TPSA) is 59.6 Å². The SMILES string of the molecule is CCC(CNC(=O)Nc1ccc2c(c1)OC(C)(C)O2)c1ccccc1. The predicted molar refractivity (Wildman–Crippen MR) is 98.3 cm³/mol. The molecule has 1 aliphatic rings. The van der Waals surface area contributed by atoms with Gasteiger partial charge >= 0.3 is 6.03 Å². The van der Waals surface area contributed by atoms with Crippen molar-refractivity contribution < 1.29 is 14.3 Å². The van der Waals surface area contributed by atoms with Crippen LogP contribution in [0.25, 0.3) is 0 Å². The van der Waals surface area contributed by atoms with Crippen LogP contribution in [0.4, 0.5) is 10.5 Å². The van der Waals surface area contributed by atoms with Gasteiger partial charge in [0, 0.05) is 38.1 Å². The van der Waals surface area contributed by atoms with Crippen LogP contribution in [0.1, 0.15) is 38.7 Å². The summed E-state index contributed by atoms with van der Waals surface area (Å²) < 4.78 is 11.3. The first kappa shape index (κ1) is 17.1. The molecule has 2 amide bonds. The van der Waals surface area contributed by atoms with Gasteiger partial charge in [0.2, 0.25) is 5.79 Å². The van der Waals surface area contributed by atoms with E-state index in [9.17, 15) is 4.79 Å². The zero-order valence-electron chi connectivity index (χ0n) is 14.8. The molecule has 2 aromatic carbocycles. The van der Waals surface area contributed by atoms with Gasteiger partial charge in [0.05, 0.1) is 0 Å². The largest absolute Gasteiger partial charge is 0.449 e. The number of hydrogen-bond acceptors (Lipinski definition) is 3. The number of ether oxygens (including phenoxy) is 2. The Hall–Kier alpha value is -2.69. The molecule has 0 aromatic heterocycles. The average Bonchev–Trinajstić information content (AvgIpc) is 2.89. The van der Waals surface area contributed by atoms with E-state index < -0.39 is 5.79 Å². The summed E-state index contributed by atoms with van der Waals surface area (Å²) in [6, 6.07) is 15.4. The zero-order chi connectivity index (χ0) is 17.9. The first-order chi connectivity index (χ1) is 12.0. The van der Waals surface area contributed by atoms with Crippen LogP contribution in [-0.2, 0) is 0 Å². The molecule has 5 nitrogen and oxygen atoms in total. The fourth-order valence-electron chi connectivity index (χ4n) is 2.91. The van der Waals surface area contributed by atoms with Gasteiger partial charge in [-0.25, -0.2) is 4.79 Å². The van der Waals surface area contributed by atoms with E-state index in [1.54, 1.807) is 18.2 Å². The quantitative estimate of drug-likeness (QED) is 0.842. The van der Waals surface area contributed by atoms with Gasteiger partial charge in [0.25, 0.3) is 0 Å². The second-order valence-corrected chi connectivity index (χ2v) is 6.62. The molecule has 1 aliphatic heterocycles. The van der Waals surface area contributed by atoms with E-state index in [1.807, 2.05) is 32.0 Å². The van der Waals surface area contributed by atoms with Gasteiger partial charge in [-0.3, -0.25) is 0 Å². The summed E-state index contributed by atoms with van der Waals surface area (Å²) in [6.07, 6.45) is 0.962. The molecular formula is C20H24N2O3. The minimum atomic E-state index is -0.673. The third-order valence-electron chi connectivity index (χ3n) is 4.19. The van der Waals surface area contributed by atoms with Crippen molar-refractivity contribution in [2.24, 2.45) is 0 Å². The summed E-state index contributed by atoms with van der Waals surface area (Å²) in [5.74, 6) is 0.946. The number of carbonyl (C=O) groups is 1. The first-order valence-electron chi connectivity index (χ1n) is 8.59. The Morgan fingerprint density at radius 1 is 1.08 bits per heavy atom. The van der Waals surface area contributed by atoms with Crippen molar-refractivity contribution in [1.82, 2.24) is 5.32 Å². The standard InChI is InChI=1S/C20H24N2O3/c1-4-14(15-8-6-5-7-9-15)13-21-19(23)22-16-10-11-17-18(12-16)25-20(2,3)24-17/h5-12,14H,4,13H2,1-3H3,(H2,21,22,23). The molecule has 0 aliphatic carbocycles. The van der Waals surface area contributed by atoms with Crippen molar-refractivity contribution in [3.05, 3.63) is 54.1 Å². The number of carbonyl (C=O) groups excluding carboxylic acids is 1. The number of amides is 2. The fraction of sp³-hybridized carbons (Fsp3) is 0.350. The first-order valence-corrected chi connectivity index (χ1v) is 8.59. The number of fused-ring (bicyclic) bond motifs is 1. The third-order valence-corrected chi connectivity index (χ3v) is 4.19. The second-order valence-electron chi connectivity index (χ2n) is 6.62. The highest BCUT2D eigenvalue weighted by atomic mass is 16.7. The van der Waals surface area contributed by atoms with Crippen LogP contribution in [0.3, 0.4) is 0 Å². The van der Waals surface area contributed by atoms with E-state index in [4.69, 9.17) is 9.47 Å². The minimum absolute atomic E-state index is 0.229. The number of benzene rings is 2. The number of anilines is 1. The van der Waals surface area contributed by atoms with Crippen LogP contribution in [0.5, 0.6) is 11.5 Å². The Morgan fingerprint density at radius 2 is 1.80 bits per heavy atom. The van der Waals surface area contributed by atoms with Gasteiger partial charge in [-0.15, -0.1) is 0 Å². The minimum Gasteiger partial charge on any atom is -0.449 e. The van der Waals surface area contributed by atoms with Crippen LogP contribution in [0.2, 0.25) is 0 Å². The Kier molecular flexibility index (Phi) is 4.83. The van der Waals surface area contributed by atoms with Crippen LogP contribution < -0.4 is 20.1 Å². The van der Waals surface area contributed by atoms with Crippen LogP contribution in [0.15, 0.2) is 48.5 Å². The molecule has 132 valence electrons. The Labute approximate surface area is 148 Å². The molecule has 0 spiro atoms. The average molecular weight is 340 g/mol. The highest BCUT2D eigenvalue weighted by Crippen LogP contribution is 2.40. The number of urea groups is 1. The maximum Gasteiger partial charge on any atom is 0.319 e. The molecule has 0 fully saturated rings. The van der Waals surface area contributed by atoms with Gasteiger partial charge in [-0.05, 0) is 24.1 Å². The molecule has 1 heterocycles. The lowest BCUT2D eigenvalue weighted by atomic mass is 9.97. The highest BCUT2D eigenvalue weighted by Gasteiger charge is 2.31. The van der Waals surface area contributed by atoms with Crippen molar-refractivity contribution in [1.29, 1.82) is 0 Å². The number of nitrogens with one attached hydrogen (secondary N) is 2. The van der Waals surface area contributed by atoms with E-state index >= 15 is 0 Å². The summed E-state index contributed by atoms with van der Waals surface area (Å²) in [4.78, 5) is 12.2. The van der Waals surface area contributed by atoms with Gasteiger partial charge in [0.1, 0.15) is 0 Å². The number of hydrogen-bond donors (Lipinski definition) is 2. The molecule has 0 saturated heterocycles. The van der Waals surface area contributed by atoms with Crippen LogP contribution >= 0.6 is 0 Å². The Morgan fingerprint density at radius 3 is 2.52 bits per heavy atom. The van der Waals surface area contributed by atoms with Crippen molar-refractivity contribution in [2.45, 2.75) is 38.9 Å². The maximum atomic E-state index is 12.2. The van der Waals surface area contributed by atoms with Crippen molar-refractivity contribution in [3.63, 3.8) is 0 Å². The molecule has 0 radical (unpaired) electrons.